The molecule has 0 radical (unpaired) electrons. The molecule has 0 bridgehead atoms. The van der Waals surface area contributed by atoms with Crippen molar-refractivity contribution in [2.24, 2.45) is 23.7 Å². The van der Waals surface area contributed by atoms with Gasteiger partial charge in [-0.05, 0) is 92.4 Å². The molecule has 3 heterocycles. The Bertz CT molecular complexity index is 1510. The lowest BCUT2D eigenvalue weighted by Gasteiger charge is -2.53. The zero-order chi connectivity index (χ0) is 34.5. The highest BCUT2D eigenvalue weighted by Crippen LogP contribution is 2.54. The summed E-state index contributed by atoms with van der Waals surface area (Å²) >= 11 is 0. The number of hydrogen-bond acceptors (Lipinski definition) is 8. The average molecular weight is 674 g/mol. The van der Waals surface area contributed by atoms with E-state index in [1.54, 1.807) is 32.3 Å². The van der Waals surface area contributed by atoms with E-state index >= 15 is 4.39 Å². The van der Waals surface area contributed by atoms with Crippen molar-refractivity contribution in [3.05, 3.63) is 65.0 Å². The second-order valence-corrected chi connectivity index (χ2v) is 14.9. The molecule has 3 atom stereocenters. The van der Waals surface area contributed by atoms with Crippen LogP contribution in [0, 0.1) is 40.8 Å². The number of rotatable bonds is 11. The second kappa shape index (κ2) is 15.6. The Balaban J connectivity index is 1.17. The van der Waals surface area contributed by atoms with Crippen LogP contribution in [0.3, 0.4) is 0 Å². The molecule has 3 saturated heterocycles. The number of carbonyl (C=O) groups is 2. The topological polar surface area (TPSA) is 89.3 Å². The van der Waals surface area contributed by atoms with Crippen LogP contribution < -0.4 is 4.90 Å². The molecule has 6 rings (SSSR count). The Kier molecular flexibility index (Phi) is 11.2. The number of nitriles is 1. The standard InChI is InChI=1S/C39H52FN5O4/c1-42(2)38(47)35-22-34(11-10-30(35)23-41)45-25-28(26-45)24-43-14-12-31(13-15-43)39(27-44-16-18-49-19-17-44,32-7-5-8-33(40)21-32)36-9-4-6-29(36)20-37(46)48-3/h5,7-8,10-11,21-22,28-29,31,36H,4,6,9,12-20,24-27H2,1-3H3/t29-,36+,39+/m1/s1. The fraction of sp³-hybridized carbons (Fsp3) is 0.615. The van der Waals surface area contributed by atoms with E-state index in [2.05, 4.69) is 26.8 Å². The molecule has 0 aromatic heterocycles. The van der Waals surface area contributed by atoms with E-state index in [1.807, 2.05) is 18.2 Å². The molecule has 49 heavy (non-hydrogen) atoms. The number of piperidine rings is 1. The summed E-state index contributed by atoms with van der Waals surface area (Å²) in [4.78, 5) is 34.3. The van der Waals surface area contributed by atoms with Gasteiger partial charge >= 0.3 is 5.97 Å². The molecule has 0 spiro atoms. The zero-order valence-corrected chi connectivity index (χ0v) is 29.4. The van der Waals surface area contributed by atoms with Crippen molar-refractivity contribution >= 4 is 17.6 Å². The summed E-state index contributed by atoms with van der Waals surface area (Å²) in [6.07, 6.45) is 5.60. The molecule has 4 fully saturated rings. The summed E-state index contributed by atoms with van der Waals surface area (Å²) in [6.45, 7) is 8.86. The van der Waals surface area contributed by atoms with Crippen LogP contribution in [0.25, 0.3) is 0 Å². The van der Waals surface area contributed by atoms with Gasteiger partial charge in [-0.25, -0.2) is 4.39 Å². The lowest BCUT2D eigenvalue weighted by atomic mass is 9.56. The lowest BCUT2D eigenvalue weighted by molar-refractivity contribution is -0.142. The molecule has 0 unspecified atom stereocenters. The third-order valence-electron chi connectivity index (χ3n) is 11.8. The second-order valence-electron chi connectivity index (χ2n) is 14.9. The molecule has 4 aliphatic rings. The fourth-order valence-corrected chi connectivity index (χ4v) is 9.39. The largest absolute Gasteiger partial charge is 0.469 e. The van der Waals surface area contributed by atoms with Crippen LogP contribution in [0.4, 0.5) is 10.1 Å². The number of amides is 1. The third kappa shape index (κ3) is 7.64. The summed E-state index contributed by atoms with van der Waals surface area (Å²) in [5.41, 5.74) is 2.65. The highest BCUT2D eigenvalue weighted by molar-refractivity contribution is 5.97. The minimum absolute atomic E-state index is 0.151. The molecular formula is C39H52FN5O4. The third-order valence-corrected chi connectivity index (χ3v) is 11.8. The van der Waals surface area contributed by atoms with Gasteiger partial charge < -0.3 is 24.2 Å². The molecule has 1 saturated carbocycles. The number of likely N-dealkylation sites (tertiary alicyclic amines) is 1. The molecule has 9 nitrogen and oxygen atoms in total. The van der Waals surface area contributed by atoms with Gasteiger partial charge in [0.2, 0.25) is 0 Å². The maximum Gasteiger partial charge on any atom is 0.305 e. The van der Waals surface area contributed by atoms with Gasteiger partial charge in [0.25, 0.3) is 5.91 Å². The van der Waals surface area contributed by atoms with Gasteiger partial charge in [-0.3, -0.25) is 14.5 Å². The van der Waals surface area contributed by atoms with Crippen LogP contribution in [0.5, 0.6) is 0 Å². The normalized spacial score (nSPS) is 23.8. The molecule has 0 N–H and O–H groups in total. The van der Waals surface area contributed by atoms with Crippen molar-refractivity contribution in [3.63, 3.8) is 0 Å². The van der Waals surface area contributed by atoms with E-state index < -0.39 is 0 Å². The number of ether oxygens (including phenoxy) is 2. The Labute approximate surface area is 290 Å². The van der Waals surface area contributed by atoms with E-state index in [0.717, 1.165) is 95.7 Å². The van der Waals surface area contributed by atoms with Gasteiger partial charge in [0.15, 0.2) is 0 Å². The zero-order valence-electron chi connectivity index (χ0n) is 29.4. The van der Waals surface area contributed by atoms with E-state index in [0.29, 0.717) is 42.6 Å². The first-order chi connectivity index (χ1) is 23.7. The maximum absolute atomic E-state index is 15.1. The van der Waals surface area contributed by atoms with Crippen molar-refractivity contribution in [2.75, 3.05) is 91.7 Å². The van der Waals surface area contributed by atoms with E-state index in [9.17, 15) is 14.9 Å². The van der Waals surface area contributed by atoms with Crippen molar-refractivity contribution in [2.45, 2.75) is 43.9 Å². The highest BCUT2D eigenvalue weighted by atomic mass is 19.1. The number of carbonyl (C=O) groups excluding carboxylic acids is 2. The van der Waals surface area contributed by atoms with Gasteiger partial charge in [0.1, 0.15) is 5.82 Å². The Hall–Kier alpha value is -3.52. The summed E-state index contributed by atoms with van der Waals surface area (Å²) in [5, 5.41) is 9.54. The summed E-state index contributed by atoms with van der Waals surface area (Å²) in [5.74, 6) is 0.870. The SMILES string of the molecule is COC(=O)C[C@H]1CCC[C@@H]1[C@](CN1CCOCC1)(c1cccc(F)c1)C1CCN(CC2CN(c3ccc(C#N)c(C(=O)N(C)C)c3)C2)CC1. The molecule has 1 amide bonds. The number of anilines is 1. The first-order valence-corrected chi connectivity index (χ1v) is 18.1. The van der Waals surface area contributed by atoms with Crippen LogP contribution in [-0.2, 0) is 19.7 Å². The number of hydrogen-bond donors (Lipinski definition) is 0. The summed E-state index contributed by atoms with van der Waals surface area (Å²) in [6, 6.07) is 15.1. The maximum atomic E-state index is 15.1. The minimum atomic E-state index is -0.273. The minimum Gasteiger partial charge on any atom is -0.469 e. The van der Waals surface area contributed by atoms with Crippen molar-refractivity contribution in [1.82, 2.24) is 14.7 Å². The van der Waals surface area contributed by atoms with Crippen LogP contribution in [0.1, 0.15) is 60.0 Å². The van der Waals surface area contributed by atoms with Crippen LogP contribution in [0.2, 0.25) is 0 Å². The number of benzene rings is 2. The molecule has 1 aliphatic carbocycles. The van der Waals surface area contributed by atoms with Gasteiger partial charge in [0.05, 0.1) is 37.5 Å². The Morgan fingerprint density at radius 1 is 1.02 bits per heavy atom. The monoisotopic (exact) mass is 673 g/mol. The number of halogens is 1. The smallest absolute Gasteiger partial charge is 0.305 e. The fourth-order valence-electron chi connectivity index (χ4n) is 9.39. The van der Waals surface area contributed by atoms with Gasteiger partial charge in [-0.1, -0.05) is 18.6 Å². The summed E-state index contributed by atoms with van der Waals surface area (Å²) < 4.78 is 26.0. The molecule has 3 aliphatic heterocycles. The number of esters is 1. The molecule has 2 aromatic rings. The molecular weight excluding hydrogens is 621 g/mol. The predicted molar refractivity (Wildman–Crippen MR) is 187 cm³/mol. The van der Waals surface area contributed by atoms with Gasteiger partial charge in [-0.2, -0.15) is 5.26 Å². The van der Waals surface area contributed by atoms with Crippen LogP contribution in [0.15, 0.2) is 42.5 Å². The first-order valence-electron chi connectivity index (χ1n) is 18.1. The number of methoxy groups -OCH3 is 1. The van der Waals surface area contributed by atoms with Gasteiger partial charge in [-0.15, -0.1) is 0 Å². The number of morpholine rings is 1. The Morgan fingerprint density at radius 3 is 2.45 bits per heavy atom. The Morgan fingerprint density at radius 2 is 1.78 bits per heavy atom. The predicted octanol–water partition coefficient (Wildman–Crippen LogP) is 4.80. The molecule has 264 valence electrons. The van der Waals surface area contributed by atoms with Crippen LogP contribution >= 0.6 is 0 Å². The molecule has 10 heteroatoms. The van der Waals surface area contributed by atoms with Crippen molar-refractivity contribution in [1.29, 1.82) is 5.26 Å². The van der Waals surface area contributed by atoms with Crippen molar-refractivity contribution < 1.29 is 23.5 Å². The summed E-state index contributed by atoms with van der Waals surface area (Å²) in [7, 11) is 4.89. The number of nitrogens with zero attached hydrogens (tertiary/aromatic N) is 5. The van der Waals surface area contributed by atoms with Crippen LogP contribution in [-0.4, -0.2) is 113 Å². The first kappa shape index (κ1) is 35.3. The van der Waals surface area contributed by atoms with Crippen molar-refractivity contribution in [3.8, 4) is 6.07 Å². The van der Waals surface area contributed by atoms with E-state index in [-0.39, 0.29) is 34.9 Å². The van der Waals surface area contributed by atoms with E-state index in [4.69, 9.17) is 9.47 Å². The van der Waals surface area contributed by atoms with E-state index in [1.165, 1.54) is 12.0 Å². The van der Waals surface area contributed by atoms with Gasteiger partial charge in [0, 0.05) is 76.8 Å². The molecule has 2 aromatic carbocycles. The quantitative estimate of drug-likeness (QED) is 0.315. The highest BCUT2D eigenvalue weighted by Gasteiger charge is 2.52. The average Bonchev–Trinajstić information content (AvgIpc) is 3.56. The lowest BCUT2D eigenvalue weighted by Crippen LogP contribution is -2.57.